The topological polar surface area (TPSA) is 50.5 Å². The molecule has 1 saturated heterocycles. The van der Waals surface area contributed by atoms with Gasteiger partial charge in [-0.3, -0.25) is 9.58 Å². The summed E-state index contributed by atoms with van der Waals surface area (Å²) in [5, 5.41) is 15.1. The van der Waals surface area contributed by atoms with Gasteiger partial charge in [0.25, 0.3) is 0 Å². The minimum atomic E-state index is -0.530. The van der Waals surface area contributed by atoms with Gasteiger partial charge in [0, 0.05) is 31.4 Å². The van der Waals surface area contributed by atoms with E-state index in [1.807, 2.05) is 17.7 Å². The third-order valence-electron chi connectivity index (χ3n) is 4.37. The predicted octanol–water partition coefficient (Wildman–Crippen LogP) is 1.44. The first kappa shape index (κ1) is 14.5. The van der Waals surface area contributed by atoms with Crippen LogP contribution in [0.2, 0.25) is 0 Å². The summed E-state index contributed by atoms with van der Waals surface area (Å²) in [6.45, 7) is 10.3. The van der Waals surface area contributed by atoms with Crippen molar-refractivity contribution in [2.75, 3.05) is 26.3 Å². The van der Waals surface area contributed by atoms with Crippen LogP contribution in [0, 0.1) is 0 Å². The number of aryl methyl sites for hydroxylation is 1. The summed E-state index contributed by atoms with van der Waals surface area (Å²) in [4.78, 5) is 2.34. The molecule has 2 unspecified atom stereocenters. The van der Waals surface area contributed by atoms with Gasteiger partial charge in [-0.15, -0.1) is 0 Å². The first-order valence-electron chi connectivity index (χ1n) is 7.16. The second-order valence-electron chi connectivity index (χ2n) is 5.28. The fourth-order valence-electron chi connectivity index (χ4n) is 2.82. The first-order chi connectivity index (χ1) is 9.13. The maximum Gasteiger partial charge on any atom is 0.114 e. The Morgan fingerprint density at radius 1 is 1.42 bits per heavy atom. The Morgan fingerprint density at radius 2 is 2.11 bits per heavy atom. The summed E-state index contributed by atoms with van der Waals surface area (Å²) < 4.78 is 7.29. The molecule has 1 aliphatic rings. The molecule has 1 aromatic heterocycles. The molecule has 0 saturated carbocycles. The number of hydrogen-bond donors (Lipinski definition) is 1. The second-order valence-corrected chi connectivity index (χ2v) is 5.28. The van der Waals surface area contributed by atoms with Gasteiger partial charge in [-0.25, -0.2) is 0 Å². The number of aromatic nitrogens is 2. The number of aliphatic hydroxyl groups excluding tert-OH is 1. The maximum absolute atomic E-state index is 10.8. The molecule has 1 aliphatic heterocycles. The third kappa shape index (κ3) is 2.68. The second kappa shape index (κ2) is 6.03. The highest BCUT2D eigenvalue weighted by Crippen LogP contribution is 2.34. The van der Waals surface area contributed by atoms with E-state index in [-0.39, 0.29) is 5.54 Å². The lowest BCUT2D eigenvalue weighted by Crippen LogP contribution is -2.55. The van der Waals surface area contributed by atoms with Gasteiger partial charge in [0.15, 0.2) is 0 Å². The number of ether oxygens (including phenoxy) is 1. The fraction of sp³-hybridized carbons (Fsp3) is 0.786. The molecule has 1 fully saturated rings. The Balaban J connectivity index is 2.24. The van der Waals surface area contributed by atoms with E-state index in [1.165, 1.54) is 0 Å². The highest BCUT2D eigenvalue weighted by atomic mass is 16.5. The molecule has 0 spiro atoms. The number of nitrogens with zero attached hydrogens (tertiary/aromatic N) is 3. The monoisotopic (exact) mass is 267 g/mol. The van der Waals surface area contributed by atoms with Crippen LogP contribution < -0.4 is 0 Å². The van der Waals surface area contributed by atoms with Crippen molar-refractivity contribution in [2.45, 2.75) is 45.4 Å². The van der Waals surface area contributed by atoms with Gasteiger partial charge in [-0.1, -0.05) is 6.92 Å². The molecule has 1 aromatic rings. The van der Waals surface area contributed by atoms with Gasteiger partial charge in [0.2, 0.25) is 0 Å². The highest BCUT2D eigenvalue weighted by Gasteiger charge is 2.40. The molecule has 2 heterocycles. The van der Waals surface area contributed by atoms with Crippen molar-refractivity contribution in [1.82, 2.24) is 14.7 Å². The molecule has 19 heavy (non-hydrogen) atoms. The lowest BCUT2D eigenvalue weighted by Gasteiger charge is -2.45. The molecular weight excluding hydrogens is 242 g/mol. The van der Waals surface area contributed by atoms with Crippen molar-refractivity contribution in [3.8, 4) is 0 Å². The minimum absolute atomic E-state index is 0.267. The van der Waals surface area contributed by atoms with Crippen molar-refractivity contribution < 1.29 is 9.84 Å². The van der Waals surface area contributed by atoms with Crippen LogP contribution in [-0.4, -0.2) is 51.6 Å². The standard InChI is InChI=1S/C14H25N3O2/c1-4-14(3,16-8-10-19-11-9-16)13(18)12-6-7-15-17(12)5-2/h6-7,13,18H,4-5,8-11H2,1-3H3. The van der Waals surface area contributed by atoms with Gasteiger partial charge < -0.3 is 9.84 Å². The smallest absolute Gasteiger partial charge is 0.114 e. The highest BCUT2D eigenvalue weighted by molar-refractivity contribution is 5.12. The molecule has 2 rings (SSSR count). The summed E-state index contributed by atoms with van der Waals surface area (Å²) in [7, 11) is 0. The van der Waals surface area contributed by atoms with Crippen molar-refractivity contribution in [1.29, 1.82) is 0 Å². The van der Waals surface area contributed by atoms with Crippen molar-refractivity contribution in [2.24, 2.45) is 0 Å². The fourth-order valence-corrected chi connectivity index (χ4v) is 2.82. The summed E-state index contributed by atoms with van der Waals surface area (Å²) in [5.41, 5.74) is 0.634. The van der Waals surface area contributed by atoms with Crippen LogP contribution in [-0.2, 0) is 11.3 Å². The molecule has 5 heteroatoms. The van der Waals surface area contributed by atoms with Gasteiger partial charge in [0.05, 0.1) is 18.9 Å². The van der Waals surface area contributed by atoms with Gasteiger partial charge in [-0.05, 0) is 26.3 Å². The number of rotatable bonds is 5. The van der Waals surface area contributed by atoms with E-state index in [0.717, 1.165) is 45.0 Å². The van der Waals surface area contributed by atoms with Crippen molar-refractivity contribution >= 4 is 0 Å². The van der Waals surface area contributed by atoms with Crippen molar-refractivity contribution in [3.63, 3.8) is 0 Å². The number of aliphatic hydroxyl groups is 1. The van der Waals surface area contributed by atoms with Crippen molar-refractivity contribution in [3.05, 3.63) is 18.0 Å². The van der Waals surface area contributed by atoms with Crippen LogP contribution in [0.3, 0.4) is 0 Å². The SMILES string of the molecule is CCn1nccc1C(O)C(C)(CC)N1CCOCC1. The molecule has 0 bridgehead atoms. The molecule has 1 N–H and O–H groups in total. The van der Waals surface area contributed by atoms with E-state index in [1.54, 1.807) is 6.20 Å². The molecular formula is C14H25N3O2. The largest absolute Gasteiger partial charge is 0.385 e. The maximum atomic E-state index is 10.8. The quantitative estimate of drug-likeness (QED) is 0.877. The zero-order valence-electron chi connectivity index (χ0n) is 12.2. The average Bonchev–Trinajstić information content (AvgIpc) is 2.94. The minimum Gasteiger partial charge on any atom is -0.385 e. The zero-order valence-corrected chi connectivity index (χ0v) is 12.2. The van der Waals surface area contributed by atoms with Crippen LogP contribution >= 0.6 is 0 Å². The normalized spacial score (nSPS) is 22.1. The van der Waals surface area contributed by atoms with Gasteiger partial charge in [0.1, 0.15) is 6.10 Å². The first-order valence-corrected chi connectivity index (χ1v) is 7.16. The Morgan fingerprint density at radius 3 is 2.68 bits per heavy atom. The van der Waals surface area contributed by atoms with E-state index in [9.17, 15) is 5.11 Å². The Hall–Kier alpha value is -0.910. The third-order valence-corrected chi connectivity index (χ3v) is 4.37. The lowest BCUT2D eigenvalue weighted by atomic mass is 9.87. The van der Waals surface area contributed by atoms with E-state index >= 15 is 0 Å². The van der Waals surface area contributed by atoms with E-state index < -0.39 is 6.10 Å². The summed E-state index contributed by atoms with van der Waals surface area (Å²) in [6, 6.07) is 1.92. The van der Waals surface area contributed by atoms with Gasteiger partial charge in [-0.2, -0.15) is 5.10 Å². The molecule has 2 atom stereocenters. The van der Waals surface area contributed by atoms with E-state index in [4.69, 9.17) is 4.74 Å². The molecule has 0 amide bonds. The molecule has 5 nitrogen and oxygen atoms in total. The molecule has 108 valence electrons. The Kier molecular flexibility index (Phi) is 4.60. The van der Waals surface area contributed by atoms with Crippen LogP contribution in [0.5, 0.6) is 0 Å². The van der Waals surface area contributed by atoms with E-state index in [0.29, 0.717) is 0 Å². The van der Waals surface area contributed by atoms with Crippen LogP contribution in [0.15, 0.2) is 12.3 Å². The Labute approximate surface area is 115 Å². The average molecular weight is 267 g/mol. The molecule has 0 radical (unpaired) electrons. The Bertz CT molecular complexity index is 401. The summed E-state index contributed by atoms with van der Waals surface area (Å²) in [6.07, 6.45) is 2.12. The van der Waals surface area contributed by atoms with Gasteiger partial charge >= 0.3 is 0 Å². The van der Waals surface area contributed by atoms with Crippen LogP contribution in [0.4, 0.5) is 0 Å². The van der Waals surface area contributed by atoms with Crippen LogP contribution in [0.1, 0.15) is 39.0 Å². The lowest BCUT2D eigenvalue weighted by molar-refractivity contribution is -0.0758. The predicted molar refractivity (Wildman–Crippen MR) is 73.9 cm³/mol. The molecule has 0 aromatic carbocycles. The summed E-state index contributed by atoms with van der Waals surface area (Å²) in [5.74, 6) is 0. The number of hydrogen-bond acceptors (Lipinski definition) is 4. The molecule has 0 aliphatic carbocycles. The van der Waals surface area contributed by atoms with Crippen LogP contribution in [0.25, 0.3) is 0 Å². The summed E-state index contributed by atoms with van der Waals surface area (Å²) >= 11 is 0. The van der Waals surface area contributed by atoms with E-state index in [2.05, 4.69) is 23.8 Å². The number of morpholine rings is 1. The zero-order chi connectivity index (χ0) is 13.9.